The highest BCUT2D eigenvalue weighted by atomic mass is 19.4. The first-order chi connectivity index (χ1) is 14.1. The van der Waals surface area contributed by atoms with Crippen molar-refractivity contribution >= 4 is 11.6 Å². The van der Waals surface area contributed by atoms with Gasteiger partial charge in [0.1, 0.15) is 11.8 Å². The lowest BCUT2D eigenvalue weighted by Gasteiger charge is -2.24. The number of ether oxygens (including phenoxy) is 1. The van der Waals surface area contributed by atoms with Crippen molar-refractivity contribution in [2.24, 2.45) is 0 Å². The Morgan fingerprint density at radius 2 is 1.87 bits per heavy atom. The molecule has 0 bridgehead atoms. The minimum absolute atomic E-state index is 0.0965. The molecule has 0 aliphatic rings. The van der Waals surface area contributed by atoms with Crippen molar-refractivity contribution in [1.29, 1.82) is 5.26 Å². The van der Waals surface area contributed by atoms with E-state index in [0.29, 0.717) is 11.6 Å². The number of nitriles is 1. The van der Waals surface area contributed by atoms with E-state index >= 15 is 0 Å². The van der Waals surface area contributed by atoms with E-state index in [2.05, 4.69) is 35.7 Å². The number of nitrogens with zero attached hydrogens (tertiary/aromatic N) is 2. The maximum Gasteiger partial charge on any atom is 0.422 e. The summed E-state index contributed by atoms with van der Waals surface area (Å²) in [6.45, 7) is 6.55. The molecule has 0 aliphatic heterocycles. The molecule has 0 radical (unpaired) electrons. The molecule has 0 saturated carbocycles. The van der Waals surface area contributed by atoms with Gasteiger partial charge >= 0.3 is 6.18 Å². The Morgan fingerprint density at radius 3 is 2.40 bits per heavy atom. The van der Waals surface area contributed by atoms with Gasteiger partial charge in [-0.1, -0.05) is 19.1 Å². The third-order valence-electron chi connectivity index (χ3n) is 4.49. The lowest BCUT2D eigenvalue weighted by Crippen LogP contribution is -2.29. The molecule has 160 valence electrons. The van der Waals surface area contributed by atoms with E-state index in [1.807, 2.05) is 12.1 Å². The van der Waals surface area contributed by atoms with Crippen LogP contribution in [-0.4, -0.2) is 36.2 Å². The number of hydrogen-bond donors (Lipinski definition) is 1. The van der Waals surface area contributed by atoms with Crippen molar-refractivity contribution in [1.82, 2.24) is 4.90 Å². The molecule has 0 aliphatic carbocycles. The summed E-state index contributed by atoms with van der Waals surface area (Å²) < 4.78 is 41.6. The third-order valence-corrected chi connectivity index (χ3v) is 4.49. The Kier molecular flexibility index (Phi) is 7.84. The van der Waals surface area contributed by atoms with Crippen LogP contribution in [0.1, 0.15) is 42.3 Å². The zero-order chi connectivity index (χ0) is 22.3. The summed E-state index contributed by atoms with van der Waals surface area (Å²) in [5, 5.41) is 11.8. The van der Waals surface area contributed by atoms with Gasteiger partial charge in [-0.25, -0.2) is 0 Å². The molecule has 0 saturated heterocycles. The van der Waals surface area contributed by atoms with Crippen LogP contribution in [0.5, 0.6) is 5.75 Å². The maximum atomic E-state index is 12.5. The van der Waals surface area contributed by atoms with Crippen molar-refractivity contribution in [3.05, 3.63) is 59.2 Å². The summed E-state index contributed by atoms with van der Waals surface area (Å²) in [6, 6.07) is 13.3. The molecule has 8 heteroatoms. The molecule has 0 spiro atoms. The fourth-order valence-electron chi connectivity index (χ4n) is 2.84. The van der Waals surface area contributed by atoms with E-state index in [9.17, 15) is 18.0 Å². The number of anilines is 1. The minimum Gasteiger partial charge on any atom is -0.483 e. The summed E-state index contributed by atoms with van der Waals surface area (Å²) in [7, 11) is 0. The number of rotatable bonds is 8. The molecule has 1 N–H and O–H groups in total. The predicted molar refractivity (Wildman–Crippen MR) is 108 cm³/mol. The number of carbonyl (C=O) groups is 1. The molecule has 1 amide bonds. The van der Waals surface area contributed by atoms with Gasteiger partial charge in [0.15, 0.2) is 6.61 Å². The normalized spacial score (nSPS) is 11.4. The second-order valence-electron chi connectivity index (χ2n) is 7.03. The van der Waals surface area contributed by atoms with Gasteiger partial charge in [-0.2, -0.15) is 18.4 Å². The number of nitrogens with one attached hydrogen (secondary N) is 1. The first-order valence-electron chi connectivity index (χ1n) is 9.51. The largest absolute Gasteiger partial charge is 0.483 e. The van der Waals surface area contributed by atoms with Crippen LogP contribution >= 0.6 is 0 Å². The molecule has 30 heavy (non-hydrogen) atoms. The molecular weight excluding hydrogens is 395 g/mol. The molecule has 0 fully saturated rings. The minimum atomic E-state index is -4.50. The van der Waals surface area contributed by atoms with Crippen LogP contribution in [0.25, 0.3) is 0 Å². The molecule has 0 atom stereocenters. The Bertz CT molecular complexity index is 903. The molecule has 0 aromatic heterocycles. The zero-order valence-corrected chi connectivity index (χ0v) is 17.1. The Morgan fingerprint density at radius 1 is 1.20 bits per heavy atom. The van der Waals surface area contributed by atoms with Crippen LogP contribution in [-0.2, 0) is 6.54 Å². The number of carbonyl (C=O) groups excluding carboxylic acids is 1. The van der Waals surface area contributed by atoms with Crippen LogP contribution in [0.4, 0.5) is 18.9 Å². The lowest BCUT2D eigenvalue weighted by molar-refractivity contribution is -0.153. The van der Waals surface area contributed by atoms with E-state index in [1.165, 1.54) is 18.2 Å². The average Bonchev–Trinajstić information content (AvgIpc) is 2.70. The summed E-state index contributed by atoms with van der Waals surface area (Å²) in [5.74, 6) is -0.576. The Hall–Kier alpha value is -3.05. The van der Waals surface area contributed by atoms with Gasteiger partial charge < -0.3 is 10.1 Å². The smallest absolute Gasteiger partial charge is 0.422 e. The van der Waals surface area contributed by atoms with Crippen molar-refractivity contribution in [3.8, 4) is 11.8 Å². The number of halogens is 3. The molecule has 0 unspecified atom stereocenters. The zero-order valence-electron chi connectivity index (χ0n) is 17.1. The monoisotopic (exact) mass is 419 g/mol. The molecule has 2 rings (SSSR count). The van der Waals surface area contributed by atoms with Crippen LogP contribution in [0.15, 0.2) is 42.5 Å². The SMILES string of the molecule is CCN(Cc1ccc(C(=O)Nc2ccc(OCC(F)(F)F)c(C#N)c2)cc1)C(C)C. The maximum absolute atomic E-state index is 12.5. The van der Waals surface area contributed by atoms with Gasteiger partial charge in [-0.3, -0.25) is 9.69 Å². The highest BCUT2D eigenvalue weighted by molar-refractivity contribution is 6.04. The summed E-state index contributed by atoms with van der Waals surface area (Å²) in [4.78, 5) is 14.8. The standard InChI is InChI=1S/C22H24F3N3O2/c1-4-28(15(2)3)13-16-5-7-17(8-6-16)21(29)27-19-9-10-20(18(11-19)12-26)30-14-22(23,24)25/h5-11,15H,4,13-14H2,1-3H3,(H,27,29). The van der Waals surface area contributed by atoms with E-state index in [0.717, 1.165) is 18.7 Å². The number of hydrogen-bond acceptors (Lipinski definition) is 4. The average molecular weight is 419 g/mol. The molecule has 0 heterocycles. The van der Waals surface area contributed by atoms with E-state index in [1.54, 1.807) is 18.2 Å². The van der Waals surface area contributed by atoms with Gasteiger partial charge in [-0.05, 0) is 56.3 Å². The van der Waals surface area contributed by atoms with Gasteiger partial charge in [0.05, 0.1) is 5.56 Å². The summed E-state index contributed by atoms with van der Waals surface area (Å²) >= 11 is 0. The topological polar surface area (TPSA) is 65.4 Å². The van der Waals surface area contributed by atoms with Crippen LogP contribution in [0, 0.1) is 11.3 Å². The number of alkyl halides is 3. The highest BCUT2D eigenvalue weighted by Crippen LogP contribution is 2.25. The fraction of sp³-hybridized carbons (Fsp3) is 0.364. The van der Waals surface area contributed by atoms with Gasteiger partial charge in [0.2, 0.25) is 0 Å². The van der Waals surface area contributed by atoms with Gasteiger partial charge in [-0.15, -0.1) is 0 Å². The fourth-order valence-corrected chi connectivity index (χ4v) is 2.84. The van der Waals surface area contributed by atoms with Crippen molar-refractivity contribution in [2.45, 2.75) is 39.5 Å². The van der Waals surface area contributed by atoms with Crippen LogP contribution in [0.3, 0.4) is 0 Å². The van der Waals surface area contributed by atoms with Gasteiger partial charge in [0.25, 0.3) is 5.91 Å². The van der Waals surface area contributed by atoms with Crippen molar-refractivity contribution in [3.63, 3.8) is 0 Å². The molecule has 2 aromatic carbocycles. The van der Waals surface area contributed by atoms with Gasteiger partial charge in [0, 0.05) is 23.8 Å². The molecular formula is C22H24F3N3O2. The van der Waals surface area contributed by atoms with Crippen molar-refractivity contribution in [2.75, 3.05) is 18.5 Å². The third kappa shape index (κ3) is 6.78. The highest BCUT2D eigenvalue weighted by Gasteiger charge is 2.28. The second kappa shape index (κ2) is 10.1. The summed E-state index contributed by atoms with van der Waals surface area (Å²) in [5.41, 5.74) is 1.71. The molecule has 5 nitrogen and oxygen atoms in total. The van der Waals surface area contributed by atoms with E-state index in [-0.39, 0.29) is 22.9 Å². The number of amides is 1. The number of benzene rings is 2. The summed E-state index contributed by atoms with van der Waals surface area (Å²) in [6.07, 6.45) is -4.50. The van der Waals surface area contributed by atoms with Crippen molar-refractivity contribution < 1.29 is 22.7 Å². The van der Waals surface area contributed by atoms with Crippen LogP contribution < -0.4 is 10.1 Å². The quantitative estimate of drug-likeness (QED) is 0.655. The Labute approximate surface area is 174 Å². The Balaban J connectivity index is 2.06. The first kappa shape index (κ1) is 23.2. The lowest BCUT2D eigenvalue weighted by atomic mass is 10.1. The molecule has 2 aromatic rings. The van der Waals surface area contributed by atoms with E-state index < -0.39 is 12.8 Å². The van der Waals surface area contributed by atoms with E-state index in [4.69, 9.17) is 5.26 Å². The first-order valence-corrected chi connectivity index (χ1v) is 9.51. The predicted octanol–water partition coefficient (Wildman–Crippen LogP) is 4.98. The van der Waals surface area contributed by atoms with Crippen LogP contribution in [0.2, 0.25) is 0 Å². The second-order valence-corrected chi connectivity index (χ2v) is 7.03.